The first kappa shape index (κ1) is 15.4. The molecular formula is C16H22N2O3. The third kappa shape index (κ3) is 3.54. The predicted octanol–water partition coefficient (Wildman–Crippen LogP) is 1.94. The standard InChI is InChI=1S/C16H22N2O3/c1-10(12-3-5-13(17)6-4-12)7-15(19)18-8-11(2)14(9-18)16(20)21/h3-6,10-11,14H,7-9,17H2,1-2H3,(H,20,21)/t10?,11-,14-/m1/s1. The molecule has 1 amide bonds. The Morgan fingerprint density at radius 3 is 2.48 bits per heavy atom. The number of hydrogen-bond acceptors (Lipinski definition) is 3. The zero-order valence-corrected chi connectivity index (χ0v) is 12.5. The van der Waals surface area contributed by atoms with Crippen LogP contribution >= 0.6 is 0 Å². The molecule has 114 valence electrons. The summed E-state index contributed by atoms with van der Waals surface area (Å²) in [6, 6.07) is 7.52. The lowest BCUT2D eigenvalue weighted by Gasteiger charge is -2.19. The number of likely N-dealkylation sites (tertiary alicyclic amines) is 1. The van der Waals surface area contributed by atoms with Crippen molar-refractivity contribution in [3.63, 3.8) is 0 Å². The molecule has 3 atom stereocenters. The third-order valence-corrected chi connectivity index (χ3v) is 4.27. The van der Waals surface area contributed by atoms with Crippen LogP contribution in [-0.2, 0) is 9.59 Å². The number of hydrogen-bond donors (Lipinski definition) is 2. The number of rotatable bonds is 4. The van der Waals surface area contributed by atoms with Gasteiger partial charge in [0, 0.05) is 25.2 Å². The van der Waals surface area contributed by atoms with Crippen molar-refractivity contribution in [2.45, 2.75) is 26.2 Å². The van der Waals surface area contributed by atoms with E-state index in [9.17, 15) is 9.59 Å². The fourth-order valence-electron chi connectivity index (χ4n) is 2.83. The van der Waals surface area contributed by atoms with E-state index in [1.54, 1.807) is 4.90 Å². The maximum atomic E-state index is 12.3. The smallest absolute Gasteiger partial charge is 0.308 e. The molecule has 5 nitrogen and oxygen atoms in total. The maximum absolute atomic E-state index is 12.3. The fourth-order valence-corrected chi connectivity index (χ4v) is 2.83. The number of nitrogens with zero attached hydrogens (tertiary/aromatic N) is 1. The molecule has 3 N–H and O–H groups in total. The number of anilines is 1. The van der Waals surface area contributed by atoms with Crippen LogP contribution in [0.4, 0.5) is 5.69 Å². The number of nitrogen functional groups attached to an aromatic ring is 1. The second-order valence-electron chi connectivity index (χ2n) is 5.99. The molecule has 0 aromatic heterocycles. The molecule has 0 spiro atoms. The van der Waals surface area contributed by atoms with Gasteiger partial charge in [-0.15, -0.1) is 0 Å². The normalized spacial score (nSPS) is 23.0. The molecule has 1 saturated heterocycles. The lowest BCUT2D eigenvalue weighted by molar-refractivity contribution is -0.142. The van der Waals surface area contributed by atoms with Crippen LogP contribution in [-0.4, -0.2) is 35.0 Å². The minimum atomic E-state index is -0.815. The van der Waals surface area contributed by atoms with Gasteiger partial charge in [0.25, 0.3) is 0 Å². The molecule has 1 aliphatic rings. The summed E-state index contributed by atoms with van der Waals surface area (Å²) in [7, 11) is 0. The van der Waals surface area contributed by atoms with Crippen molar-refractivity contribution >= 4 is 17.6 Å². The highest BCUT2D eigenvalue weighted by atomic mass is 16.4. The third-order valence-electron chi connectivity index (χ3n) is 4.27. The van der Waals surface area contributed by atoms with Gasteiger partial charge in [-0.05, 0) is 29.5 Å². The molecule has 1 heterocycles. The number of carboxylic acids is 1. The Hall–Kier alpha value is -2.04. The van der Waals surface area contributed by atoms with Crippen LogP contribution in [0.3, 0.4) is 0 Å². The number of amides is 1. The highest BCUT2D eigenvalue weighted by Gasteiger charge is 2.37. The highest BCUT2D eigenvalue weighted by Crippen LogP contribution is 2.26. The van der Waals surface area contributed by atoms with E-state index in [-0.39, 0.29) is 17.7 Å². The van der Waals surface area contributed by atoms with Crippen molar-refractivity contribution < 1.29 is 14.7 Å². The molecular weight excluding hydrogens is 268 g/mol. The monoisotopic (exact) mass is 290 g/mol. The minimum Gasteiger partial charge on any atom is -0.481 e. The number of carboxylic acid groups (broad SMARTS) is 1. The molecule has 0 saturated carbocycles. The zero-order valence-electron chi connectivity index (χ0n) is 12.5. The van der Waals surface area contributed by atoms with Crippen molar-refractivity contribution in [1.29, 1.82) is 0 Å². The summed E-state index contributed by atoms with van der Waals surface area (Å²) in [4.78, 5) is 25.1. The summed E-state index contributed by atoms with van der Waals surface area (Å²) >= 11 is 0. The number of carbonyl (C=O) groups is 2. The van der Waals surface area contributed by atoms with Crippen molar-refractivity contribution in [3.05, 3.63) is 29.8 Å². The van der Waals surface area contributed by atoms with Gasteiger partial charge in [0.2, 0.25) is 5.91 Å². The van der Waals surface area contributed by atoms with Gasteiger partial charge in [-0.1, -0.05) is 26.0 Å². The van der Waals surface area contributed by atoms with Gasteiger partial charge in [0.05, 0.1) is 5.92 Å². The molecule has 21 heavy (non-hydrogen) atoms. The Bertz CT molecular complexity index is 527. The first-order valence-electron chi connectivity index (χ1n) is 7.24. The Morgan fingerprint density at radius 1 is 1.33 bits per heavy atom. The van der Waals surface area contributed by atoms with Crippen molar-refractivity contribution in [2.24, 2.45) is 11.8 Å². The van der Waals surface area contributed by atoms with Gasteiger partial charge < -0.3 is 15.7 Å². The van der Waals surface area contributed by atoms with E-state index in [0.29, 0.717) is 25.2 Å². The van der Waals surface area contributed by atoms with E-state index in [2.05, 4.69) is 0 Å². The van der Waals surface area contributed by atoms with Gasteiger partial charge >= 0.3 is 5.97 Å². The van der Waals surface area contributed by atoms with E-state index >= 15 is 0 Å². The molecule has 0 bridgehead atoms. The largest absolute Gasteiger partial charge is 0.481 e. The summed E-state index contributed by atoms with van der Waals surface area (Å²) in [5, 5.41) is 9.12. The summed E-state index contributed by atoms with van der Waals surface area (Å²) < 4.78 is 0. The Morgan fingerprint density at radius 2 is 1.95 bits per heavy atom. The second kappa shape index (κ2) is 6.16. The van der Waals surface area contributed by atoms with Crippen LogP contribution in [0.15, 0.2) is 24.3 Å². The zero-order chi connectivity index (χ0) is 15.6. The SMILES string of the molecule is CC(CC(=O)N1C[C@@H](C)[C@H](C(=O)O)C1)c1ccc(N)cc1. The molecule has 1 unspecified atom stereocenters. The summed E-state index contributed by atoms with van der Waals surface area (Å²) in [5.74, 6) is -1.13. The Balaban J connectivity index is 1.95. The van der Waals surface area contributed by atoms with Crippen LogP contribution < -0.4 is 5.73 Å². The van der Waals surface area contributed by atoms with Crippen molar-refractivity contribution in [2.75, 3.05) is 18.8 Å². The molecule has 1 aromatic rings. The number of nitrogens with two attached hydrogens (primary N) is 1. The van der Waals surface area contributed by atoms with Crippen LogP contribution in [0, 0.1) is 11.8 Å². The Labute approximate surface area is 124 Å². The molecule has 1 aliphatic heterocycles. The average Bonchev–Trinajstić information content (AvgIpc) is 2.81. The summed E-state index contributed by atoms with van der Waals surface area (Å²) in [5.41, 5.74) is 7.43. The first-order valence-corrected chi connectivity index (χ1v) is 7.24. The van der Waals surface area contributed by atoms with E-state index in [1.807, 2.05) is 38.1 Å². The van der Waals surface area contributed by atoms with E-state index < -0.39 is 11.9 Å². The van der Waals surface area contributed by atoms with Gasteiger partial charge in [0.1, 0.15) is 0 Å². The summed E-state index contributed by atoms with van der Waals surface area (Å²) in [6.45, 7) is 4.74. The number of carbonyl (C=O) groups excluding carboxylic acids is 1. The second-order valence-corrected chi connectivity index (χ2v) is 5.99. The first-order chi connectivity index (χ1) is 9.88. The van der Waals surface area contributed by atoms with Crippen molar-refractivity contribution in [3.8, 4) is 0 Å². The lowest BCUT2D eigenvalue weighted by Crippen LogP contribution is -2.30. The molecule has 2 rings (SSSR count). The fraction of sp³-hybridized carbons (Fsp3) is 0.500. The van der Waals surface area contributed by atoms with E-state index in [1.165, 1.54) is 0 Å². The molecule has 1 aromatic carbocycles. The van der Waals surface area contributed by atoms with Crippen LogP contribution in [0.2, 0.25) is 0 Å². The molecule has 0 aliphatic carbocycles. The van der Waals surface area contributed by atoms with Crippen LogP contribution in [0.1, 0.15) is 31.7 Å². The minimum absolute atomic E-state index is 0.0123. The van der Waals surface area contributed by atoms with Gasteiger partial charge in [-0.3, -0.25) is 9.59 Å². The van der Waals surface area contributed by atoms with E-state index in [4.69, 9.17) is 10.8 Å². The van der Waals surface area contributed by atoms with Gasteiger partial charge in [-0.25, -0.2) is 0 Å². The molecule has 1 fully saturated rings. The topological polar surface area (TPSA) is 83.6 Å². The molecule has 0 radical (unpaired) electrons. The van der Waals surface area contributed by atoms with Gasteiger partial charge in [-0.2, -0.15) is 0 Å². The number of aliphatic carboxylic acids is 1. The lowest BCUT2D eigenvalue weighted by atomic mass is 9.97. The van der Waals surface area contributed by atoms with Crippen LogP contribution in [0.25, 0.3) is 0 Å². The summed E-state index contributed by atoms with van der Waals surface area (Å²) in [6.07, 6.45) is 0.392. The van der Waals surface area contributed by atoms with Gasteiger partial charge in [0.15, 0.2) is 0 Å². The van der Waals surface area contributed by atoms with E-state index in [0.717, 1.165) is 5.56 Å². The quantitative estimate of drug-likeness (QED) is 0.830. The number of benzene rings is 1. The average molecular weight is 290 g/mol. The highest BCUT2D eigenvalue weighted by molar-refractivity contribution is 5.79. The van der Waals surface area contributed by atoms with Crippen molar-refractivity contribution in [1.82, 2.24) is 4.90 Å². The maximum Gasteiger partial charge on any atom is 0.308 e. The predicted molar refractivity (Wildman–Crippen MR) is 80.8 cm³/mol. The van der Waals surface area contributed by atoms with Crippen LogP contribution in [0.5, 0.6) is 0 Å². The molecule has 5 heteroatoms. The Kier molecular flexibility index (Phi) is 4.50.